The molecule has 0 saturated heterocycles. The fraction of sp³-hybridized carbons (Fsp3) is 0.857. The molecule has 2 heteroatoms. The summed E-state index contributed by atoms with van der Waals surface area (Å²) in [5.74, 6) is 0. The zero-order valence-corrected chi connectivity index (χ0v) is 7.95. The Balaban J connectivity index is 4.06. The second-order valence-electron chi connectivity index (χ2n) is 3.49. The van der Waals surface area contributed by atoms with Crippen molar-refractivity contribution >= 4 is 14.3 Å². The first-order valence-electron chi connectivity index (χ1n) is 3.12. The molecular formula is C7H16NP. The average Bonchev–Trinajstić information content (AvgIpc) is 1.62. The van der Waals surface area contributed by atoms with Crippen molar-refractivity contribution in [3.63, 3.8) is 0 Å². The zero-order valence-electron chi connectivity index (χ0n) is 6.95. The molecule has 0 aliphatic carbocycles. The second-order valence-corrected chi connectivity index (χ2v) is 3.97. The zero-order chi connectivity index (χ0) is 7.65. The van der Waals surface area contributed by atoms with Crippen molar-refractivity contribution in [2.45, 2.75) is 20.8 Å². The molecule has 0 bridgehead atoms. The maximum absolute atomic E-state index is 3.55. The minimum atomic E-state index is 0.236. The second kappa shape index (κ2) is 2.81. The molecule has 0 aromatic carbocycles. The summed E-state index contributed by atoms with van der Waals surface area (Å²) in [6.45, 7) is 6.53. The smallest absolute Gasteiger partial charge is 0.0193 e. The largest absolute Gasteiger partial charge is 0.281 e. The van der Waals surface area contributed by atoms with E-state index in [0.29, 0.717) is 0 Å². The summed E-state index contributed by atoms with van der Waals surface area (Å²) in [7, 11) is 7.63. The number of hydrogen-bond donors (Lipinski definition) is 0. The van der Waals surface area contributed by atoms with Crippen LogP contribution in [0.4, 0.5) is 0 Å². The van der Waals surface area contributed by atoms with E-state index in [0.717, 1.165) is 0 Å². The van der Waals surface area contributed by atoms with Gasteiger partial charge in [0.1, 0.15) is 0 Å². The molecule has 0 unspecified atom stereocenters. The molecule has 0 fully saturated rings. The predicted molar refractivity (Wildman–Crippen MR) is 46.5 cm³/mol. The molecule has 0 radical (unpaired) electrons. The summed E-state index contributed by atoms with van der Waals surface area (Å²) < 4.78 is 0. The molecule has 1 nitrogen and oxygen atoms in total. The van der Waals surface area contributed by atoms with E-state index >= 15 is 0 Å². The molecule has 0 spiro atoms. The lowest BCUT2D eigenvalue weighted by molar-refractivity contribution is 0.496. The van der Waals surface area contributed by atoms with E-state index < -0.39 is 0 Å². The molecule has 0 aromatic rings. The Morgan fingerprint density at radius 1 is 1.22 bits per heavy atom. The molecule has 0 rings (SSSR count). The summed E-state index contributed by atoms with van der Waals surface area (Å²) in [6.07, 6.45) is 0. The number of nitrogens with zero attached hydrogens (tertiary/aromatic N) is 1. The van der Waals surface area contributed by atoms with Crippen molar-refractivity contribution in [2.24, 2.45) is 5.41 Å². The van der Waals surface area contributed by atoms with E-state index in [9.17, 15) is 0 Å². The molecule has 9 heavy (non-hydrogen) atoms. The van der Waals surface area contributed by atoms with Crippen molar-refractivity contribution in [3.8, 4) is 0 Å². The lowest BCUT2D eigenvalue weighted by Gasteiger charge is -2.25. The lowest BCUT2D eigenvalue weighted by atomic mass is 9.96. The first kappa shape index (κ1) is 9.13. The minimum Gasteiger partial charge on any atom is -0.281 e. The lowest BCUT2D eigenvalue weighted by Crippen LogP contribution is -2.31. The van der Waals surface area contributed by atoms with Crippen LogP contribution in [0.3, 0.4) is 0 Å². The van der Waals surface area contributed by atoms with E-state index in [1.807, 2.05) is 14.1 Å². The molecule has 0 aromatic heterocycles. The Morgan fingerprint density at radius 3 is 1.56 bits per heavy atom. The van der Waals surface area contributed by atoms with Crippen LogP contribution in [0, 0.1) is 5.41 Å². The van der Waals surface area contributed by atoms with Crippen molar-refractivity contribution in [1.29, 1.82) is 0 Å². The number of hydrogen-bond acceptors (Lipinski definition) is 0. The standard InChI is InChI=1S/C7H16NP/c1-7(2,3)6(9)8(4)5/h9H,1-5H3. The van der Waals surface area contributed by atoms with Gasteiger partial charge in [-0.1, -0.05) is 20.8 Å². The highest BCUT2D eigenvalue weighted by atomic mass is 31.0. The molecule has 0 heterocycles. The molecule has 0 aliphatic heterocycles. The van der Waals surface area contributed by atoms with Gasteiger partial charge in [-0.15, -0.1) is 8.86 Å². The van der Waals surface area contributed by atoms with Crippen LogP contribution >= 0.6 is 8.86 Å². The van der Waals surface area contributed by atoms with Crippen molar-refractivity contribution in [3.05, 3.63) is 0 Å². The van der Waals surface area contributed by atoms with Gasteiger partial charge >= 0.3 is 0 Å². The Morgan fingerprint density at radius 2 is 1.56 bits per heavy atom. The minimum absolute atomic E-state index is 0.236. The van der Waals surface area contributed by atoms with Gasteiger partial charge in [0.05, 0.1) is 0 Å². The van der Waals surface area contributed by atoms with E-state index in [2.05, 4.69) is 34.5 Å². The van der Waals surface area contributed by atoms with Gasteiger partial charge in [0, 0.05) is 10.8 Å². The van der Waals surface area contributed by atoms with Crippen molar-refractivity contribution < 1.29 is 0 Å². The van der Waals surface area contributed by atoms with E-state index in [1.54, 1.807) is 0 Å². The van der Waals surface area contributed by atoms with E-state index in [4.69, 9.17) is 0 Å². The highest BCUT2D eigenvalue weighted by molar-refractivity contribution is 7.21. The molecule has 0 atom stereocenters. The van der Waals surface area contributed by atoms with Crippen LogP contribution < -0.4 is 0 Å². The van der Waals surface area contributed by atoms with Crippen LogP contribution in [0.5, 0.6) is 0 Å². The SMILES string of the molecule is CN(C)C(=P)C(C)(C)C. The van der Waals surface area contributed by atoms with E-state index in [1.165, 1.54) is 5.42 Å². The predicted octanol–water partition coefficient (Wildman–Crippen LogP) is 1.87. The fourth-order valence-electron chi connectivity index (χ4n) is 0.671. The summed E-state index contributed by atoms with van der Waals surface area (Å²) in [5, 5.41) is 0. The fourth-order valence-corrected chi connectivity index (χ4v) is 0.671. The van der Waals surface area contributed by atoms with Crippen LogP contribution in [-0.2, 0) is 0 Å². The average molecular weight is 145 g/mol. The Bertz CT molecular complexity index is 111. The first-order valence-corrected chi connectivity index (χ1v) is 3.62. The summed E-state index contributed by atoms with van der Waals surface area (Å²) in [5.41, 5.74) is 1.46. The third-order valence-electron chi connectivity index (χ3n) is 1.16. The van der Waals surface area contributed by atoms with Gasteiger partial charge in [0.15, 0.2) is 0 Å². The molecule has 54 valence electrons. The monoisotopic (exact) mass is 145 g/mol. The quantitative estimate of drug-likeness (QED) is 0.509. The topological polar surface area (TPSA) is 3.24 Å². The van der Waals surface area contributed by atoms with Crippen LogP contribution in [0.15, 0.2) is 0 Å². The highest BCUT2D eigenvalue weighted by Crippen LogP contribution is 2.17. The van der Waals surface area contributed by atoms with E-state index in [-0.39, 0.29) is 5.41 Å². The van der Waals surface area contributed by atoms with Gasteiger partial charge < -0.3 is 0 Å². The van der Waals surface area contributed by atoms with Crippen molar-refractivity contribution in [2.75, 3.05) is 14.1 Å². The number of rotatable bonds is 1. The highest BCUT2D eigenvalue weighted by Gasteiger charge is 2.16. The van der Waals surface area contributed by atoms with Gasteiger partial charge in [-0.05, 0) is 14.1 Å². The van der Waals surface area contributed by atoms with Crippen LogP contribution in [0.25, 0.3) is 0 Å². The molecule has 0 aliphatic rings. The summed E-state index contributed by atoms with van der Waals surface area (Å²) >= 11 is 0. The third-order valence-corrected chi connectivity index (χ3v) is 2.35. The Labute approximate surface area is 60.3 Å². The summed E-state index contributed by atoms with van der Waals surface area (Å²) in [4.78, 5) is 2.08. The molecule has 0 saturated carbocycles. The van der Waals surface area contributed by atoms with Crippen LogP contribution in [0.1, 0.15) is 20.8 Å². The van der Waals surface area contributed by atoms with Gasteiger partial charge in [0.25, 0.3) is 0 Å². The third kappa shape index (κ3) is 2.98. The molecular weight excluding hydrogens is 129 g/mol. The first-order chi connectivity index (χ1) is 3.85. The van der Waals surface area contributed by atoms with Crippen LogP contribution in [-0.4, -0.2) is 24.4 Å². The van der Waals surface area contributed by atoms with Gasteiger partial charge in [-0.2, -0.15) is 0 Å². The van der Waals surface area contributed by atoms with Gasteiger partial charge in [0.2, 0.25) is 0 Å². The Kier molecular flexibility index (Phi) is 2.85. The summed E-state index contributed by atoms with van der Waals surface area (Å²) in [6, 6.07) is 0. The van der Waals surface area contributed by atoms with Crippen molar-refractivity contribution in [1.82, 2.24) is 4.90 Å². The van der Waals surface area contributed by atoms with Gasteiger partial charge in [-0.3, -0.25) is 4.90 Å². The molecule has 0 amide bonds. The molecule has 0 N–H and O–H groups in total. The van der Waals surface area contributed by atoms with Crippen LogP contribution in [0.2, 0.25) is 0 Å². The van der Waals surface area contributed by atoms with Gasteiger partial charge in [-0.25, -0.2) is 0 Å². The Hall–Kier alpha value is 0.130. The maximum atomic E-state index is 3.55. The maximum Gasteiger partial charge on any atom is 0.0193 e. The normalized spacial score (nSPS) is 12.2.